The van der Waals surface area contributed by atoms with Gasteiger partial charge in [-0.25, -0.2) is 0 Å². The van der Waals surface area contributed by atoms with Crippen LogP contribution in [0.2, 0.25) is 0 Å². The van der Waals surface area contributed by atoms with E-state index in [2.05, 4.69) is 12.1 Å². The summed E-state index contributed by atoms with van der Waals surface area (Å²) in [5.41, 5.74) is 3.66. The second-order valence-electron chi connectivity index (χ2n) is 8.28. The van der Waals surface area contributed by atoms with Crippen molar-refractivity contribution in [2.24, 2.45) is 0 Å². The Bertz CT molecular complexity index is 1080. The lowest BCUT2D eigenvalue weighted by atomic mass is 10.1. The summed E-state index contributed by atoms with van der Waals surface area (Å²) in [5, 5.41) is 16.9. The molecule has 31 heavy (non-hydrogen) atoms. The molecule has 0 aliphatic rings. The molecule has 2 N–H and O–H groups in total. The molecule has 0 unspecified atom stereocenters. The molecule has 0 amide bonds. The number of aryl methyl sites for hydroxylation is 2. The fraction of sp³-hybridized carbons (Fsp3) is 0.333. The van der Waals surface area contributed by atoms with Crippen molar-refractivity contribution in [3.05, 3.63) is 71.2 Å². The monoisotopic (exact) mass is 414 g/mol. The summed E-state index contributed by atoms with van der Waals surface area (Å²) in [7, 11) is 0. The van der Waals surface area contributed by atoms with Gasteiger partial charge in [-0.1, -0.05) is 32.1 Å². The van der Waals surface area contributed by atoms with E-state index in [9.17, 15) is 0 Å². The molecule has 2 aromatic carbocycles. The average molecular weight is 415 g/mol. The maximum absolute atomic E-state index is 7.36. The maximum atomic E-state index is 7.36. The lowest BCUT2D eigenvalue weighted by molar-refractivity contribution is 0.508. The van der Waals surface area contributed by atoms with Gasteiger partial charge in [-0.3, -0.25) is 0 Å². The van der Waals surface area contributed by atoms with Gasteiger partial charge >= 0.3 is 0 Å². The molecule has 0 spiro atoms. The van der Waals surface area contributed by atoms with Gasteiger partial charge in [0.2, 0.25) is 0 Å². The van der Waals surface area contributed by atoms with Crippen LogP contribution in [0.5, 0.6) is 0 Å². The van der Waals surface area contributed by atoms with Crippen molar-refractivity contribution in [3.63, 3.8) is 0 Å². The molecule has 0 saturated carbocycles. The first kappa shape index (κ1) is 21.1. The Morgan fingerprint density at radius 3 is 1.39 bits per heavy atom. The van der Waals surface area contributed by atoms with Gasteiger partial charge in [-0.15, -0.1) is 0 Å². The molecule has 0 bridgehead atoms. The summed E-state index contributed by atoms with van der Waals surface area (Å²) in [6.45, 7) is 0. The highest BCUT2D eigenvalue weighted by atomic mass is 16.3. The van der Waals surface area contributed by atoms with Crippen molar-refractivity contribution < 1.29 is 8.83 Å². The number of benzene rings is 2. The minimum Gasteiger partial charge on any atom is -0.461 e. The summed E-state index contributed by atoms with van der Waals surface area (Å²) >= 11 is 0. The molecule has 0 radical (unpaired) electrons. The normalized spacial score (nSPS) is 11.4. The first-order valence-corrected chi connectivity index (χ1v) is 11.3. The lowest BCUT2D eigenvalue weighted by Crippen LogP contribution is -1.86. The number of hydrogen-bond acceptors (Lipinski definition) is 4. The minimum absolute atomic E-state index is 0.914. The average Bonchev–Trinajstić information content (AvgIpc) is 3.39. The van der Waals surface area contributed by atoms with E-state index in [-0.39, 0.29) is 0 Å². The molecule has 0 atom stereocenters. The second kappa shape index (κ2) is 10.3. The van der Waals surface area contributed by atoms with E-state index in [0.717, 1.165) is 70.3 Å². The van der Waals surface area contributed by atoms with Crippen molar-refractivity contribution in [1.29, 1.82) is 10.8 Å². The van der Waals surface area contributed by atoms with Crippen LogP contribution in [0.15, 0.2) is 57.4 Å². The Balaban J connectivity index is 1.09. The smallest absolute Gasteiger partial charge is 0.134 e. The molecular weight excluding hydrogens is 384 g/mol. The SMILES string of the molecule is N=Cc1ccc2oc(CCCCCCCCCc3cc4cc(C=N)ccc4o3)cc2c1. The third-order valence-electron chi connectivity index (χ3n) is 5.86. The molecule has 160 valence electrons. The molecule has 0 aliphatic heterocycles. The van der Waals surface area contributed by atoms with Crippen molar-refractivity contribution >= 4 is 34.4 Å². The Morgan fingerprint density at radius 2 is 0.968 bits per heavy atom. The van der Waals surface area contributed by atoms with Crippen LogP contribution in [-0.4, -0.2) is 12.4 Å². The van der Waals surface area contributed by atoms with E-state index < -0.39 is 0 Å². The van der Waals surface area contributed by atoms with E-state index in [1.54, 1.807) is 0 Å². The minimum atomic E-state index is 0.914. The summed E-state index contributed by atoms with van der Waals surface area (Å²) in [5.74, 6) is 2.10. The molecule has 4 heteroatoms. The van der Waals surface area contributed by atoms with Crippen LogP contribution in [-0.2, 0) is 12.8 Å². The van der Waals surface area contributed by atoms with E-state index in [1.807, 2.05) is 36.4 Å². The quantitative estimate of drug-likeness (QED) is 0.184. The van der Waals surface area contributed by atoms with Gasteiger partial charge in [-0.2, -0.15) is 0 Å². The van der Waals surface area contributed by atoms with Crippen molar-refractivity contribution in [1.82, 2.24) is 0 Å². The summed E-state index contributed by atoms with van der Waals surface area (Å²) < 4.78 is 11.8. The summed E-state index contributed by atoms with van der Waals surface area (Å²) in [4.78, 5) is 0. The zero-order valence-corrected chi connectivity index (χ0v) is 18.0. The first-order chi connectivity index (χ1) is 15.2. The molecule has 0 saturated heterocycles. The van der Waals surface area contributed by atoms with Crippen LogP contribution in [0.1, 0.15) is 67.6 Å². The largest absolute Gasteiger partial charge is 0.461 e. The van der Waals surface area contributed by atoms with E-state index in [4.69, 9.17) is 19.7 Å². The lowest BCUT2D eigenvalue weighted by Gasteiger charge is -2.01. The van der Waals surface area contributed by atoms with Crippen LogP contribution in [0.4, 0.5) is 0 Å². The highest BCUT2D eigenvalue weighted by molar-refractivity contribution is 5.88. The third kappa shape index (κ3) is 5.52. The second-order valence-corrected chi connectivity index (χ2v) is 8.28. The maximum Gasteiger partial charge on any atom is 0.134 e. The molecule has 4 aromatic rings. The van der Waals surface area contributed by atoms with Crippen LogP contribution in [0.25, 0.3) is 21.9 Å². The van der Waals surface area contributed by atoms with E-state index in [0.29, 0.717) is 0 Å². The van der Waals surface area contributed by atoms with Gasteiger partial charge in [0.05, 0.1) is 0 Å². The Hall–Kier alpha value is -3.14. The molecule has 0 aliphatic carbocycles. The molecule has 4 rings (SSSR count). The van der Waals surface area contributed by atoms with Crippen LogP contribution >= 0.6 is 0 Å². The molecule has 0 fully saturated rings. The van der Waals surface area contributed by atoms with Gasteiger partial charge in [0, 0.05) is 36.0 Å². The Morgan fingerprint density at radius 1 is 0.548 bits per heavy atom. The van der Waals surface area contributed by atoms with Crippen LogP contribution in [0, 0.1) is 10.8 Å². The van der Waals surface area contributed by atoms with E-state index >= 15 is 0 Å². The topological polar surface area (TPSA) is 74.0 Å². The van der Waals surface area contributed by atoms with Crippen molar-refractivity contribution in [2.75, 3.05) is 0 Å². The van der Waals surface area contributed by atoms with Gasteiger partial charge in [-0.05, 0) is 72.5 Å². The van der Waals surface area contributed by atoms with Gasteiger partial charge in [0.1, 0.15) is 22.7 Å². The third-order valence-corrected chi connectivity index (χ3v) is 5.86. The summed E-state index contributed by atoms with van der Waals surface area (Å²) in [6.07, 6.45) is 13.3. The predicted molar refractivity (Wildman–Crippen MR) is 128 cm³/mol. The van der Waals surface area contributed by atoms with Crippen LogP contribution in [0.3, 0.4) is 0 Å². The summed E-state index contributed by atoms with van der Waals surface area (Å²) in [6, 6.07) is 16.0. The molecule has 2 aromatic heterocycles. The van der Waals surface area contributed by atoms with Gasteiger partial charge < -0.3 is 19.7 Å². The number of rotatable bonds is 12. The number of hydrogen-bond donors (Lipinski definition) is 2. The van der Waals surface area contributed by atoms with E-state index in [1.165, 1.54) is 44.5 Å². The molecule has 2 heterocycles. The van der Waals surface area contributed by atoms with Gasteiger partial charge in [0.25, 0.3) is 0 Å². The number of nitrogens with one attached hydrogen (secondary N) is 2. The first-order valence-electron chi connectivity index (χ1n) is 11.3. The molecule has 4 nitrogen and oxygen atoms in total. The Kier molecular flexibility index (Phi) is 6.98. The van der Waals surface area contributed by atoms with Crippen molar-refractivity contribution in [2.45, 2.75) is 57.8 Å². The fourth-order valence-corrected chi connectivity index (χ4v) is 4.14. The fourth-order valence-electron chi connectivity index (χ4n) is 4.14. The molecular formula is C27H30N2O2. The van der Waals surface area contributed by atoms with Crippen molar-refractivity contribution in [3.8, 4) is 0 Å². The number of unbranched alkanes of at least 4 members (excludes halogenated alkanes) is 6. The highest BCUT2D eigenvalue weighted by Crippen LogP contribution is 2.23. The van der Waals surface area contributed by atoms with Gasteiger partial charge in [0.15, 0.2) is 0 Å². The standard InChI is InChI=1S/C27H30N2O2/c28-18-20-10-12-26-22(14-20)16-24(30-26)8-6-4-2-1-3-5-7-9-25-17-23-15-21(19-29)11-13-27(23)31-25/h10-19,28-29H,1-9H2. The zero-order valence-electron chi connectivity index (χ0n) is 18.0. The number of fused-ring (bicyclic) bond motifs is 2. The highest BCUT2D eigenvalue weighted by Gasteiger charge is 2.06. The zero-order chi connectivity index (χ0) is 21.5. The number of furan rings is 2. The predicted octanol–water partition coefficient (Wildman–Crippen LogP) is 7.69. The van der Waals surface area contributed by atoms with Crippen LogP contribution < -0.4 is 0 Å². The Labute approximate surface area is 183 Å².